The van der Waals surface area contributed by atoms with Gasteiger partial charge in [-0.3, -0.25) is 0 Å². The molecule has 1 N–H and O–H groups in total. The van der Waals surface area contributed by atoms with Crippen LogP contribution in [0.4, 0.5) is 13.2 Å². The fraction of sp³-hybridized carbons (Fsp3) is 0.357. The zero-order valence-electron chi connectivity index (χ0n) is 11.0. The van der Waals surface area contributed by atoms with Crippen molar-refractivity contribution < 1.29 is 18.3 Å². The SMILES string of the molecule is Cc1nc(C)c(C(O)Cc2ccc(C(F)(F)F)cc2)s1. The fourth-order valence-electron chi connectivity index (χ4n) is 2.00. The van der Waals surface area contributed by atoms with Gasteiger partial charge in [0.1, 0.15) is 0 Å². The first-order chi connectivity index (χ1) is 9.27. The van der Waals surface area contributed by atoms with Gasteiger partial charge >= 0.3 is 6.18 Å². The lowest BCUT2D eigenvalue weighted by Gasteiger charge is -2.11. The summed E-state index contributed by atoms with van der Waals surface area (Å²) in [5.74, 6) is 0. The first kappa shape index (κ1) is 15.0. The number of aryl methyl sites for hydroxylation is 2. The van der Waals surface area contributed by atoms with E-state index in [1.165, 1.54) is 23.5 Å². The third-order valence-electron chi connectivity index (χ3n) is 2.95. The summed E-state index contributed by atoms with van der Waals surface area (Å²) in [5, 5.41) is 11.0. The lowest BCUT2D eigenvalue weighted by molar-refractivity contribution is -0.137. The lowest BCUT2D eigenvalue weighted by atomic mass is 10.0. The topological polar surface area (TPSA) is 33.1 Å². The molecule has 0 amide bonds. The zero-order chi connectivity index (χ0) is 14.9. The number of aliphatic hydroxyl groups excluding tert-OH is 1. The summed E-state index contributed by atoms with van der Waals surface area (Å²) in [4.78, 5) is 5.00. The summed E-state index contributed by atoms with van der Waals surface area (Å²) in [6, 6.07) is 4.87. The monoisotopic (exact) mass is 301 g/mol. The molecule has 1 atom stereocenters. The standard InChI is InChI=1S/C14H14F3NOS/c1-8-13(20-9(2)18-8)12(19)7-10-3-5-11(6-4-10)14(15,16)17/h3-6,12,19H,7H2,1-2H3. The van der Waals surface area contributed by atoms with Gasteiger partial charge in [-0.05, 0) is 31.5 Å². The average molecular weight is 301 g/mol. The predicted octanol–water partition coefficient (Wildman–Crippen LogP) is 4.05. The van der Waals surface area contributed by atoms with Crippen molar-refractivity contribution in [2.75, 3.05) is 0 Å². The summed E-state index contributed by atoms with van der Waals surface area (Å²) < 4.78 is 37.3. The molecular formula is C14H14F3NOS. The molecule has 0 radical (unpaired) electrons. The van der Waals surface area contributed by atoms with Gasteiger partial charge in [0.25, 0.3) is 0 Å². The van der Waals surface area contributed by atoms with Crippen molar-refractivity contribution in [3.05, 3.63) is 51.0 Å². The zero-order valence-corrected chi connectivity index (χ0v) is 11.8. The van der Waals surface area contributed by atoms with Crippen LogP contribution in [0.3, 0.4) is 0 Å². The van der Waals surface area contributed by atoms with Crippen molar-refractivity contribution in [3.63, 3.8) is 0 Å². The molecule has 108 valence electrons. The number of hydrogen-bond donors (Lipinski definition) is 1. The molecule has 0 spiro atoms. The van der Waals surface area contributed by atoms with E-state index in [2.05, 4.69) is 4.98 Å². The Labute approximate surface area is 118 Å². The van der Waals surface area contributed by atoms with Crippen molar-refractivity contribution in [3.8, 4) is 0 Å². The van der Waals surface area contributed by atoms with Gasteiger partial charge in [0, 0.05) is 6.42 Å². The van der Waals surface area contributed by atoms with Crippen LogP contribution >= 0.6 is 11.3 Å². The van der Waals surface area contributed by atoms with Crippen LogP contribution in [0.15, 0.2) is 24.3 Å². The minimum atomic E-state index is -4.33. The molecule has 1 heterocycles. The third-order valence-corrected chi connectivity index (χ3v) is 4.13. The number of hydrogen-bond acceptors (Lipinski definition) is 3. The van der Waals surface area contributed by atoms with E-state index in [0.29, 0.717) is 5.56 Å². The maximum Gasteiger partial charge on any atom is 0.416 e. The van der Waals surface area contributed by atoms with E-state index in [4.69, 9.17) is 0 Å². The summed E-state index contributed by atoms with van der Waals surface area (Å²) >= 11 is 1.41. The van der Waals surface area contributed by atoms with Crippen LogP contribution in [0.5, 0.6) is 0 Å². The molecule has 6 heteroatoms. The highest BCUT2D eigenvalue weighted by atomic mass is 32.1. The molecule has 0 fully saturated rings. The molecule has 0 aliphatic rings. The van der Waals surface area contributed by atoms with Gasteiger partial charge in [-0.1, -0.05) is 12.1 Å². The summed E-state index contributed by atoms with van der Waals surface area (Å²) in [6.07, 6.45) is -4.79. The highest BCUT2D eigenvalue weighted by molar-refractivity contribution is 7.11. The highest BCUT2D eigenvalue weighted by Gasteiger charge is 2.30. The lowest BCUT2D eigenvalue weighted by Crippen LogP contribution is -2.06. The molecule has 2 aromatic rings. The number of benzene rings is 1. The Kier molecular flexibility index (Phi) is 4.15. The van der Waals surface area contributed by atoms with Gasteiger partial charge in [0.15, 0.2) is 0 Å². The molecule has 0 saturated heterocycles. The molecule has 0 bridgehead atoms. The highest BCUT2D eigenvalue weighted by Crippen LogP contribution is 2.31. The Balaban J connectivity index is 2.12. The van der Waals surface area contributed by atoms with Crippen LogP contribution < -0.4 is 0 Å². The fourth-order valence-corrected chi connectivity index (χ4v) is 2.92. The summed E-state index contributed by atoms with van der Waals surface area (Å²) in [5.41, 5.74) is 0.753. The minimum Gasteiger partial charge on any atom is -0.387 e. The quantitative estimate of drug-likeness (QED) is 0.927. The Morgan fingerprint density at radius 2 is 1.80 bits per heavy atom. The molecule has 0 aliphatic carbocycles. The maximum atomic E-state index is 12.4. The predicted molar refractivity (Wildman–Crippen MR) is 71.7 cm³/mol. The van der Waals surface area contributed by atoms with E-state index in [1.807, 2.05) is 13.8 Å². The smallest absolute Gasteiger partial charge is 0.387 e. The summed E-state index contributed by atoms with van der Waals surface area (Å²) in [7, 11) is 0. The van der Waals surface area contributed by atoms with Crippen LogP contribution in [0.2, 0.25) is 0 Å². The van der Waals surface area contributed by atoms with Gasteiger partial charge in [-0.25, -0.2) is 4.98 Å². The second-order valence-electron chi connectivity index (χ2n) is 4.60. The normalized spacial score (nSPS) is 13.5. The van der Waals surface area contributed by atoms with Crippen molar-refractivity contribution in [1.29, 1.82) is 0 Å². The number of alkyl halides is 3. The molecule has 2 rings (SSSR count). The number of aliphatic hydroxyl groups is 1. The van der Waals surface area contributed by atoms with Crippen LogP contribution in [0.1, 0.15) is 32.8 Å². The van der Waals surface area contributed by atoms with Gasteiger partial charge < -0.3 is 5.11 Å². The van der Waals surface area contributed by atoms with E-state index in [0.717, 1.165) is 27.7 Å². The van der Waals surface area contributed by atoms with Crippen LogP contribution in [0, 0.1) is 13.8 Å². The largest absolute Gasteiger partial charge is 0.416 e. The molecule has 1 aromatic heterocycles. The van der Waals surface area contributed by atoms with Crippen LogP contribution in [0.25, 0.3) is 0 Å². The Morgan fingerprint density at radius 1 is 1.20 bits per heavy atom. The van der Waals surface area contributed by atoms with E-state index in [9.17, 15) is 18.3 Å². The molecule has 20 heavy (non-hydrogen) atoms. The van der Waals surface area contributed by atoms with E-state index in [1.54, 1.807) is 0 Å². The number of rotatable bonds is 3. The summed E-state index contributed by atoms with van der Waals surface area (Å²) in [6.45, 7) is 3.67. The Morgan fingerprint density at radius 3 is 2.25 bits per heavy atom. The maximum absolute atomic E-state index is 12.4. The second-order valence-corrected chi connectivity index (χ2v) is 5.83. The van der Waals surface area contributed by atoms with E-state index >= 15 is 0 Å². The van der Waals surface area contributed by atoms with E-state index in [-0.39, 0.29) is 6.42 Å². The van der Waals surface area contributed by atoms with Crippen molar-refractivity contribution >= 4 is 11.3 Å². The minimum absolute atomic E-state index is 0.278. The molecule has 1 aromatic carbocycles. The van der Waals surface area contributed by atoms with Crippen molar-refractivity contribution in [2.45, 2.75) is 32.5 Å². The molecule has 2 nitrogen and oxygen atoms in total. The van der Waals surface area contributed by atoms with Crippen molar-refractivity contribution in [1.82, 2.24) is 4.98 Å². The van der Waals surface area contributed by atoms with Gasteiger partial charge in [-0.2, -0.15) is 13.2 Å². The first-order valence-corrected chi connectivity index (χ1v) is 6.87. The van der Waals surface area contributed by atoms with Gasteiger partial charge in [0.05, 0.1) is 27.2 Å². The first-order valence-electron chi connectivity index (χ1n) is 6.05. The number of aromatic nitrogens is 1. The number of nitrogens with zero attached hydrogens (tertiary/aromatic N) is 1. The van der Waals surface area contributed by atoms with Gasteiger partial charge in [-0.15, -0.1) is 11.3 Å². The Bertz CT molecular complexity index is 589. The van der Waals surface area contributed by atoms with E-state index < -0.39 is 17.8 Å². The van der Waals surface area contributed by atoms with Crippen LogP contribution in [-0.2, 0) is 12.6 Å². The molecule has 0 saturated carbocycles. The van der Waals surface area contributed by atoms with Crippen molar-refractivity contribution in [2.24, 2.45) is 0 Å². The number of halogens is 3. The Hall–Kier alpha value is -1.40. The van der Waals surface area contributed by atoms with Gasteiger partial charge in [0.2, 0.25) is 0 Å². The average Bonchev–Trinajstić information content (AvgIpc) is 2.68. The molecular weight excluding hydrogens is 287 g/mol. The second kappa shape index (κ2) is 5.54. The van der Waals surface area contributed by atoms with Crippen LogP contribution in [-0.4, -0.2) is 10.1 Å². The third kappa shape index (κ3) is 3.37. The number of thiazole rings is 1. The molecule has 0 aliphatic heterocycles. The molecule has 1 unspecified atom stereocenters.